The van der Waals surface area contributed by atoms with E-state index in [1.165, 1.54) is 22.7 Å². The second-order valence-electron chi connectivity index (χ2n) is 7.96. The van der Waals surface area contributed by atoms with Crippen LogP contribution in [-0.4, -0.2) is 94.7 Å². The number of hydrogen-bond donors (Lipinski definition) is 0. The fourth-order valence-electron chi connectivity index (χ4n) is 4.01. The minimum atomic E-state index is -3.30. The molecule has 170 valence electrons. The molecule has 0 N–H and O–H groups in total. The highest BCUT2D eigenvalue weighted by Gasteiger charge is 2.35. The maximum absolute atomic E-state index is 13.0. The van der Waals surface area contributed by atoms with Gasteiger partial charge >= 0.3 is 0 Å². The molecule has 2 heterocycles. The van der Waals surface area contributed by atoms with Crippen molar-refractivity contribution in [1.82, 2.24) is 14.1 Å². The molecular formula is C19H30ClN3O5S2. The molecule has 1 atom stereocenters. The van der Waals surface area contributed by atoms with Gasteiger partial charge in [-0.05, 0) is 43.6 Å². The molecule has 0 aromatic heterocycles. The van der Waals surface area contributed by atoms with Crippen molar-refractivity contribution < 1.29 is 21.6 Å². The molecule has 0 radical (unpaired) electrons. The molecule has 0 unspecified atom stereocenters. The van der Waals surface area contributed by atoms with Crippen molar-refractivity contribution in [2.45, 2.75) is 30.2 Å². The molecule has 0 aliphatic carbocycles. The summed E-state index contributed by atoms with van der Waals surface area (Å²) in [5.74, 6) is -0.0607. The van der Waals surface area contributed by atoms with Crippen molar-refractivity contribution in [2.75, 3.05) is 51.8 Å². The second-order valence-corrected chi connectivity index (χ2v) is 12.0. The van der Waals surface area contributed by atoms with Crippen molar-refractivity contribution >= 4 is 38.2 Å². The third-order valence-corrected chi connectivity index (χ3v) is 8.01. The van der Waals surface area contributed by atoms with E-state index in [0.29, 0.717) is 26.2 Å². The SMILES string of the molecule is CS(=O)(=O)c1ccc(CC(=O)N2CCN(S(C)(=O)=O)C[C@@H]2CN2CCCC2)cc1.Cl. The van der Waals surface area contributed by atoms with Gasteiger partial charge < -0.3 is 9.80 Å². The second kappa shape index (κ2) is 9.95. The first-order valence-corrected chi connectivity index (χ1v) is 13.5. The average Bonchev–Trinajstić information content (AvgIpc) is 3.13. The number of likely N-dealkylation sites (tertiary alicyclic amines) is 1. The predicted octanol–water partition coefficient (Wildman–Crippen LogP) is 0.623. The molecule has 2 saturated heterocycles. The molecule has 1 amide bonds. The van der Waals surface area contributed by atoms with Crippen LogP contribution in [0.15, 0.2) is 29.2 Å². The summed E-state index contributed by atoms with van der Waals surface area (Å²) in [6.07, 6.45) is 4.78. The minimum Gasteiger partial charge on any atom is -0.335 e. The Morgan fingerprint density at radius 3 is 2.10 bits per heavy atom. The van der Waals surface area contributed by atoms with E-state index in [9.17, 15) is 21.6 Å². The molecule has 11 heteroatoms. The summed E-state index contributed by atoms with van der Waals surface area (Å²) in [7, 11) is -6.57. The monoisotopic (exact) mass is 479 g/mol. The number of amides is 1. The quantitative estimate of drug-likeness (QED) is 0.593. The number of halogens is 1. The first-order valence-electron chi connectivity index (χ1n) is 9.80. The van der Waals surface area contributed by atoms with Gasteiger partial charge in [0.25, 0.3) is 0 Å². The lowest BCUT2D eigenvalue weighted by atomic mass is 10.1. The Kier molecular flexibility index (Phi) is 8.31. The van der Waals surface area contributed by atoms with E-state index < -0.39 is 19.9 Å². The smallest absolute Gasteiger partial charge is 0.227 e. The lowest BCUT2D eigenvalue weighted by Crippen LogP contribution is -2.59. The standard InChI is InChI=1S/C19H29N3O5S2.ClH/c1-28(24,25)18-7-5-16(6-8-18)13-19(23)22-12-11-21(29(2,26)27)15-17(22)14-20-9-3-4-10-20;/h5-8,17H,3-4,9-15H2,1-2H3;1H/t17-;/m0./s1. The fraction of sp³-hybridized carbons (Fsp3) is 0.632. The van der Waals surface area contributed by atoms with Crippen LogP contribution in [-0.2, 0) is 31.1 Å². The predicted molar refractivity (Wildman–Crippen MR) is 118 cm³/mol. The van der Waals surface area contributed by atoms with Gasteiger partial charge in [0.15, 0.2) is 9.84 Å². The first-order chi connectivity index (χ1) is 13.5. The largest absolute Gasteiger partial charge is 0.335 e. The number of sulfone groups is 1. The molecular weight excluding hydrogens is 450 g/mol. The van der Waals surface area contributed by atoms with Gasteiger partial charge in [-0.25, -0.2) is 16.8 Å². The van der Waals surface area contributed by atoms with Gasteiger partial charge in [0.05, 0.1) is 23.6 Å². The van der Waals surface area contributed by atoms with E-state index in [1.54, 1.807) is 17.0 Å². The molecule has 2 fully saturated rings. The van der Waals surface area contributed by atoms with E-state index in [1.807, 2.05) is 0 Å². The molecule has 1 aromatic rings. The van der Waals surface area contributed by atoms with Crippen molar-refractivity contribution in [3.63, 3.8) is 0 Å². The summed E-state index contributed by atoms with van der Waals surface area (Å²) in [5, 5.41) is 0. The summed E-state index contributed by atoms with van der Waals surface area (Å²) in [4.78, 5) is 17.3. The molecule has 30 heavy (non-hydrogen) atoms. The Morgan fingerprint density at radius 1 is 0.967 bits per heavy atom. The van der Waals surface area contributed by atoms with Crippen molar-refractivity contribution in [1.29, 1.82) is 0 Å². The van der Waals surface area contributed by atoms with Crippen molar-refractivity contribution in [3.8, 4) is 0 Å². The van der Waals surface area contributed by atoms with Gasteiger partial charge in [0.1, 0.15) is 0 Å². The topological polar surface area (TPSA) is 95.1 Å². The summed E-state index contributed by atoms with van der Waals surface area (Å²) in [5.41, 5.74) is 0.743. The number of piperazine rings is 1. The lowest BCUT2D eigenvalue weighted by Gasteiger charge is -2.42. The molecule has 2 aliphatic rings. The van der Waals surface area contributed by atoms with Gasteiger partial charge in [-0.1, -0.05) is 12.1 Å². The van der Waals surface area contributed by atoms with E-state index in [-0.39, 0.29) is 35.7 Å². The van der Waals surface area contributed by atoms with Crippen LogP contribution in [0.3, 0.4) is 0 Å². The number of carbonyl (C=O) groups is 1. The number of rotatable bonds is 6. The molecule has 1 aromatic carbocycles. The third kappa shape index (κ3) is 6.40. The fourth-order valence-corrected chi connectivity index (χ4v) is 5.49. The molecule has 8 nitrogen and oxygen atoms in total. The van der Waals surface area contributed by atoms with E-state index in [4.69, 9.17) is 0 Å². The molecule has 0 spiro atoms. The Hall–Kier alpha value is -1.20. The Labute approximate surface area is 185 Å². The Bertz CT molecular complexity index is 945. The van der Waals surface area contributed by atoms with Crippen LogP contribution in [0.1, 0.15) is 18.4 Å². The molecule has 0 bridgehead atoms. The van der Waals surface area contributed by atoms with Gasteiger partial charge in [0.2, 0.25) is 15.9 Å². The van der Waals surface area contributed by atoms with Crippen LogP contribution in [0.4, 0.5) is 0 Å². The Balaban J connectivity index is 0.00000320. The highest BCUT2D eigenvalue weighted by molar-refractivity contribution is 7.90. The van der Waals surface area contributed by atoms with E-state index in [2.05, 4.69) is 4.90 Å². The zero-order valence-electron chi connectivity index (χ0n) is 17.4. The average molecular weight is 480 g/mol. The number of nitrogens with zero attached hydrogens (tertiary/aromatic N) is 3. The van der Waals surface area contributed by atoms with E-state index in [0.717, 1.165) is 37.8 Å². The number of hydrogen-bond acceptors (Lipinski definition) is 6. The van der Waals surface area contributed by atoms with Crippen LogP contribution in [0.2, 0.25) is 0 Å². The van der Waals surface area contributed by atoms with Gasteiger partial charge in [-0.3, -0.25) is 4.79 Å². The lowest BCUT2D eigenvalue weighted by molar-refractivity contribution is -0.135. The maximum Gasteiger partial charge on any atom is 0.227 e. The summed E-state index contributed by atoms with van der Waals surface area (Å²) < 4.78 is 48.7. The maximum atomic E-state index is 13.0. The zero-order chi connectivity index (χ0) is 21.2. The number of carbonyl (C=O) groups excluding carboxylic acids is 1. The number of sulfonamides is 1. The number of benzene rings is 1. The van der Waals surface area contributed by atoms with Crippen LogP contribution in [0.25, 0.3) is 0 Å². The summed E-state index contributed by atoms with van der Waals surface area (Å²) in [6, 6.07) is 6.18. The summed E-state index contributed by atoms with van der Waals surface area (Å²) >= 11 is 0. The molecule has 0 saturated carbocycles. The van der Waals surface area contributed by atoms with Crippen molar-refractivity contribution in [2.24, 2.45) is 0 Å². The van der Waals surface area contributed by atoms with Crippen LogP contribution >= 0.6 is 12.4 Å². The molecule has 3 rings (SSSR count). The van der Waals surface area contributed by atoms with Crippen molar-refractivity contribution in [3.05, 3.63) is 29.8 Å². The summed E-state index contributed by atoms with van der Waals surface area (Å²) in [6.45, 7) is 3.60. The van der Waals surface area contributed by atoms with Gasteiger partial charge in [0, 0.05) is 32.4 Å². The normalized spacial score (nSPS) is 21.4. The highest BCUT2D eigenvalue weighted by Crippen LogP contribution is 2.19. The minimum absolute atomic E-state index is 0. The molecule has 2 aliphatic heterocycles. The zero-order valence-corrected chi connectivity index (χ0v) is 19.8. The van der Waals surface area contributed by atoms with Crippen LogP contribution < -0.4 is 0 Å². The van der Waals surface area contributed by atoms with E-state index >= 15 is 0 Å². The van der Waals surface area contributed by atoms with Crippen LogP contribution in [0.5, 0.6) is 0 Å². The third-order valence-electron chi connectivity index (χ3n) is 5.61. The van der Waals surface area contributed by atoms with Gasteiger partial charge in [-0.15, -0.1) is 12.4 Å². The first kappa shape index (κ1) is 25.1. The Morgan fingerprint density at radius 2 is 1.57 bits per heavy atom. The highest BCUT2D eigenvalue weighted by atomic mass is 35.5. The van der Waals surface area contributed by atoms with Crippen LogP contribution in [0, 0.1) is 0 Å². The van der Waals surface area contributed by atoms with Gasteiger partial charge in [-0.2, -0.15) is 4.31 Å².